The van der Waals surface area contributed by atoms with Gasteiger partial charge in [0.25, 0.3) is 5.91 Å². The van der Waals surface area contributed by atoms with Gasteiger partial charge in [-0.1, -0.05) is 6.92 Å². The average Bonchev–Trinajstić information content (AvgIpc) is 2.67. The zero-order valence-electron chi connectivity index (χ0n) is 12.6. The Morgan fingerprint density at radius 2 is 2.30 bits per heavy atom. The molecule has 1 aromatic heterocycles. The highest BCUT2D eigenvalue weighted by Gasteiger charge is 2.27. The van der Waals surface area contributed by atoms with Crippen LogP contribution < -0.4 is 5.32 Å². The van der Waals surface area contributed by atoms with Crippen molar-refractivity contribution in [2.24, 2.45) is 0 Å². The number of hydrogen-bond donors (Lipinski definition) is 1. The molecule has 0 saturated carbocycles. The molecule has 2 heterocycles. The Morgan fingerprint density at radius 1 is 1.50 bits per heavy atom. The van der Waals surface area contributed by atoms with Crippen molar-refractivity contribution in [3.8, 4) is 0 Å². The molecule has 0 bridgehead atoms. The number of rotatable bonds is 3. The first kappa shape index (κ1) is 14.8. The van der Waals surface area contributed by atoms with Crippen LogP contribution in [0.1, 0.15) is 30.1 Å². The molecule has 0 aromatic carbocycles. The van der Waals surface area contributed by atoms with E-state index in [-0.39, 0.29) is 11.9 Å². The minimum absolute atomic E-state index is 0.110. The molecule has 0 aliphatic carbocycles. The van der Waals surface area contributed by atoms with Crippen LogP contribution in [0.25, 0.3) is 0 Å². The van der Waals surface area contributed by atoms with Gasteiger partial charge in [-0.25, -0.2) is 0 Å². The summed E-state index contributed by atoms with van der Waals surface area (Å²) < 4.78 is 0. The van der Waals surface area contributed by atoms with Crippen molar-refractivity contribution in [2.45, 2.75) is 25.8 Å². The Hall–Kier alpha value is -1.62. The molecule has 20 heavy (non-hydrogen) atoms. The van der Waals surface area contributed by atoms with E-state index in [1.165, 1.54) is 0 Å². The Kier molecular flexibility index (Phi) is 4.95. The van der Waals surface area contributed by atoms with Gasteiger partial charge < -0.3 is 15.1 Å². The van der Waals surface area contributed by atoms with Gasteiger partial charge in [0, 0.05) is 32.4 Å². The van der Waals surface area contributed by atoms with Crippen LogP contribution in [0, 0.1) is 0 Å². The molecule has 0 radical (unpaired) electrons. The molecule has 1 fully saturated rings. The van der Waals surface area contributed by atoms with Crippen molar-refractivity contribution >= 4 is 11.6 Å². The van der Waals surface area contributed by atoms with Gasteiger partial charge in [-0.15, -0.1) is 0 Å². The summed E-state index contributed by atoms with van der Waals surface area (Å²) >= 11 is 0. The third-order valence-electron chi connectivity index (χ3n) is 3.95. The fraction of sp³-hybridized carbons (Fsp3) is 0.600. The van der Waals surface area contributed by atoms with Crippen LogP contribution in [-0.4, -0.2) is 60.5 Å². The van der Waals surface area contributed by atoms with E-state index in [1.807, 2.05) is 11.9 Å². The van der Waals surface area contributed by atoms with Crippen LogP contribution >= 0.6 is 0 Å². The highest BCUT2D eigenvalue weighted by molar-refractivity contribution is 5.99. The predicted octanol–water partition coefficient (Wildman–Crippen LogP) is 1.68. The molecule has 1 aliphatic rings. The van der Waals surface area contributed by atoms with E-state index in [0.29, 0.717) is 5.56 Å². The first-order chi connectivity index (χ1) is 9.67. The lowest BCUT2D eigenvalue weighted by Gasteiger charge is -2.30. The van der Waals surface area contributed by atoms with E-state index >= 15 is 0 Å². The normalized spacial score (nSPS) is 20.6. The van der Waals surface area contributed by atoms with Crippen molar-refractivity contribution in [3.05, 3.63) is 24.0 Å². The quantitative estimate of drug-likeness (QED) is 0.912. The minimum Gasteiger partial charge on any atom is -0.386 e. The molecule has 5 nitrogen and oxygen atoms in total. The molecule has 1 unspecified atom stereocenters. The van der Waals surface area contributed by atoms with E-state index in [9.17, 15) is 4.79 Å². The maximum atomic E-state index is 12.8. The number of pyridine rings is 1. The average molecular weight is 276 g/mol. The monoisotopic (exact) mass is 276 g/mol. The number of anilines is 1. The lowest BCUT2D eigenvalue weighted by atomic mass is 10.1. The molecule has 110 valence electrons. The van der Waals surface area contributed by atoms with Crippen molar-refractivity contribution in [3.63, 3.8) is 0 Å². The second-order valence-corrected chi connectivity index (χ2v) is 5.35. The summed E-state index contributed by atoms with van der Waals surface area (Å²) in [6.45, 7) is 4.97. The van der Waals surface area contributed by atoms with Crippen molar-refractivity contribution in [1.82, 2.24) is 14.8 Å². The zero-order chi connectivity index (χ0) is 14.5. The molecule has 2 rings (SSSR count). The van der Waals surface area contributed by atoms with Gasteiger partial charge >= 0.3 is 0 Å². The first-order valence-corrected chi connectivity index (χ1v) is 7.28. The zero-order valence-corrected chi connectivity index (χ0v) is 12.6. The number of nitrogens with zero attached hydrogens (tertiary/aromatic N) is 3. The standard InChI is InChI=1S/C15H24N4O/c1-4-12-11-18(3)8-5-9-19(12)15(20)13-6-7-17-10-14(13)16-2/h6-7,10,12,16H,4-5,8-9,11H2,1-3H3. The van der Waals surface area contributed by atoms with E-state index < -0.39 is 0 Å². The fourth-order valence-corrected chi connectivity index (χ4v) is 2.79. The maximum Gasteiger partial charge on any atom is 0.256 e. The third kappa shape index (κ3) is 3.10. The number of carbonyl (C=O) groups excluding carboxylic acids is 1. The second kappa shape index (κ2) is 6.70. The smallest absolute Gasteiger partial charge is 0.256 e. The summed E-state index contributed by atoms with van der Waals surface area (Å²) in [7, 11) is 3.95. The van der Waals surface area contributed by atoms with Crippen LogP contribution in [0.2, 0.25) is 0 Å². The van der Waals surface area contributed by atoms with Gasteiger partial charge in [-0.3, -0.25) is 9.78 Å². The van der Waals surface area contributed by atoms with Crippen molar-refractivity contribution in [2.75, 3.05) is 39.0 Å². The van der Waals surface area contributed by atoms with Crippen molar-refractivity contribution < 1.29 is 4.79 Å². The Bertz CT molecular complexity index is 463. The summed E-state index contributed by atoms with van der Waals surface area (Å²) in [5.74, 6) is 0.110. The molecule has 5 heteroatoms. The van der Waals surface area contributed by atoms with E-state index in [4.69, 9.17) is 0 Å². The van der Waals surface area contributed by atoms with Gasteiger partial charge in [0.15, 0.2) is 0 Å². The van der Waals surface area contributed by atoms with Gasteiger partial charge in [-0.2, -0.15) is 0 Å². The Labute approximate surface area is 121 Å². The summed E-state index contributed by atoms with van der Waals surface area (Å²) in [6.07, 6.45) is 5.39. The molecule has 1 atom stereocenters. The van der Waals surface area contributed by atoms with E-state index in [2.05, 4.69) is 29.2 Å². The molecule has 1 saturated heterocycles. The van der Waals surface area contributed by atoms with Crippen LogP contribution in [0.15, 0.2) is 18.5 Å². The molecule has 1 N–H and O–H groups in total. The van der Waals surface area contributed by atoms with Crippen molar-refractivity contribution in [1.29, 1.82) is 0 Å². The minimum atomic E-state index is 0.110. The number of nitrogens with one attached hydrogen (secondary N) is 1. The molecular weight excluding hydrogens is 252 g/mol. The van der Waals surface area contributed by atoms with Gasteiger partial charge in [0.2, 0.25) is 0 Å². The predicted molar refractivity (Wildman–Crippen MR) is 81.0 cm³/mol. The fourth-order valence-electron chi connectivity index (χ4n) is 2.79. The van der Waals surface area contributed by atoms with Gasteiger partial charge in [0.05, 0.1) is 17.4 Å². The molecule has 1 aliphatic heterocycles. The highest BCUT2D eigenvalue weighted by atomic mass is 16.2. The number of aromatic nitrogens is 1. The molecule has 0 spiro atoms. The Morgan fingerprint density at radius 3 is 3.00 bits per heavy atom. The third-order valence-corrected chi connectivity index (χ3v) is 3.95. The van der Waals surface area contributed by atoms with Crippen LogP contribution in [0.3, 0.4) is 0 Å². The number of carbonyl (C=O) groups is 1. The van der Waals surface area contributed by atoms with Crippen LogP contribution in [-0.2, 0) is 0 Å². The summed E-state index contributed by atoms with van der Waals surface area (Å²) in [5, 5.41) is 3.05. The maximum absolute atomic E-state index is 12.8. The number of hydrogen-bond acceptors (Lipinski definition) is 4. The SMILES string of the molecule is CCC1CN(C)CCCN1C(=O)c1ccncc1NC. The number of likely N-dealkylation sites (N-methyl/N-ethyl adjacent to an activating group) is 1. The highest BCUT2D eigenvalue weighted by Crippen LogP contribution is 2.20. The van der Waals surface area contributed by atoms with E-state index in [0.717, 1.165) is 38.2 Å². The lowest BCUT2D eigenvalue weighted by Crippen LogP contribution is -2.43. The van der Waals surface area contributed by atoms with E-state index in [1.54, 1.807) is 18.5 Å². The van der Waals surface area contributed by atoms with Crippen LogP contribution in [0.4, 0.5) is 5.69 Å². The molecule has 1 aromatic rings. The second-order valence-electron chi connectivity index (χ2n) is 5.35. The molecular formula is C15H24N4O. The first-order valence-electron chi connectivity index (χ1n) is 7.28. The summed E-state index contributed by atoms with van der Waals surface area (Å²) in [4.78, 5) is 21.3. The topological polar surface area (TPSA) is 48.5 Å². The van der Waals surface area contributed by atoms with Gasteiger partial charge in [-0.05, 0) is 32.5 Å². The largest absolute Gasteiger partial charge is 0.386 e. The van der Waals surface area contributed by atoms with Crippen LogP contribution in [0.5, 0.6) is 0 Å². The summed E-state index contributed by atoms with van der Waals surface area (Å²) in [5.41, 5.74) is 1.51. The van der Waals surface area contributed by atoms with Gasteiger partial charge in [0.1, 0.15) is 0 Å². The lowest BCUT2D eigenvalue weighted by molar-refractivity contribution is 0.0676. The number of amides is 1. The summed E-state index contributed by atoms with van der Waals surface area (Å²) in [6, 6.07) is 2.09. The Balaban J connectivity index is 2.25. The molecule has 1 amide bonds.